The third kappa shape index (κ3) is 6.55. The first kappa shape index (κ1) is 24.3. The van der Waals surface area contributed by atoms with Gasteiger partial charge in [0.2, 0.25) is 0 Å². The maximum Gasteiger partial charge on any atom is 0.307 e. The number of hydrogen-bond acceptors (Lipinski definition) is 4. The van der Waals surface area contributed by atoms with Crippen LogP contribution >= 0.6 is 0 Å². The van der Waals surface area contributed by atoms with Crippen LogP contribution in [0.1, 0.15) is 24.0 Å². The average molecular weight is 458 g/mol. The fourth-order valence-corrected chi connectivity index (χ4v) is 3.59. The van der Waals surface area contributed by atoms with Gasteiger partial charge in [-0.1, -0.05) is 12.2 Å². The van der Waals surface area contributed by atoms with Gasteiger partial charge < -0.3 is 15.2 Å². The Morgan fingerprint density at radius 3 is 2.76 bits per heavy atom. The Kier molecular flexibility index (Phi) is 8.43. The van der Waals surface area contributed by atoms with Crippen molar-refractivity contribution in [3.63, 3.8) is 0 Å². The van der Waals surface area contributed by atoms with Crippen molar-refractivity contribution in [2.75, 3.05) is 20.2 Å². The van der Waals surface area contributed by atoms with Crippen molar-refractivity contribution in [2.45, 2.75) is 19.3 Å². The topological polar surface area (TPSA) is 71.5 Å². The van der Waals surface area contributed by atoms with Gasteiger partial charge >= 0.3 is 5.97 Å². The molecule has 0 saturated heterocycles. The molecule has 0 amide bonds. The highest BCUT2D eigenvalue weighted by Crippen LogP contribution is 2.26. The predicted octanol–water partition coefficient (Wildman–Crippen LogP) is 4.99. The minimum Gasteiger partial charge on any atom is -0.497 e. The van der Waals surface area contributed by atoms with Crippen molar-refractivity contribution in [3.8, 4) is 5.75 Å². The van der Waals surface area contributed by atoms with Crippen LogP contribution in [-0.2, 0) is 11.2 Å². The van der Waals surface area contributed by atoms with E-state index in [9.17, 15) is 23.1 Å². The monoisotopic (exact) mass is 458 g/mol. The highest BCUT2D eigenvalue weighted by Gasteiger charge is 2.18. The van der Waals surface area contributed by atoms with Gasteiger partial charge in [-0.3, -0.25) is 9.78 Å². The molecule has 2 N–H and O–H groups in total. The summed E-state index contributed by atoms with van der Waals surface area (Å²) >= 11 is 0. The Labute approximate surface area is 189 Å². The SMILES string of the molecule is COc1ccc2ncc(F)c(CCCC(CNC/C=C/c3cc(F)ccc3F)C(=O)O)c2c1. The number of carboxylic acids is 1. The molecule has 0 radical (unpaired) electrons. The van der Waals surface area contributed by atoms with Crippen LogP contribution < -0.4 is 10.1 Å². The molecule has 174 valence electrons. The number of halogens is 3. The summed E-state index contributed by atoms with van der Waals surface area (Å²) in [6.45, 7) is 0.488. The van der Waals surface area contributed by atoms with Crippen molar-refractivity contribution in [1.29, 1.82) is 0 Å². The zero-order chi connectivity index (χ0) is 23.8. The Bertz CT molecular complexity index is 1150. The standard InChI is InChI=1S/C25H25F3N2O3/c1-33-19-8-10-24-21(13-19)20(23(28)15-30-24)6-2-4-17(25(31)32)14-29-11-3-5-16-12-18(26)7-9-22(16)27/h3,5,7-10,12-13,15,17,29H,2,4,6,11,14H2,1H3,(H,31,32)/b5-3+. The number of hydrogen-bond donors (Lipinski definition) is 2. The number of aliphatic carboxylic acids is 1. The van der Waals surface area contributed by atoms with Crippen LogP contribution in [0, 0.1) is 23.4 Å². The number of aryl methyl sites for hydroxylation is 1. The minimum atomic E-state index is -0.954. The molecule has 1 atom stereocenters. The number of carbonyl (C=O) groups is 1. The van der Waals surface area contributed by atoms with Crippen LogP contribution in [0.4, 0.5) is 13.2 Å². The molecule has 33 heavy (non-hydrogen) atoms. The molecule has 1 unspecified atom stereocenters. The van der Waals surface area contributed by atoms with Crippen molar-refractivity contribution < 1.29 is 27.8 Å². The van der Waals surface area contributed by atoms with Crippen molar-refractivity contribution in [3.05, 3.63) is 77.2 Å². The van der Waals surface area contributed by atoms with Gasteiger partial charge in [0, 0.05) is 24.0 Å². The summed E-state index contributed by atoms with van der Waals surface area (Å²) in [5.74, 6) is -2.54. The second kappa shape index (κ2) is 11.5. The summed E-state index contributed by atoms with van der Waals surface area (Å²) in [5.41, 5.74) is 1.25. The van der Waals surface area contributed by atoms with E-state index < -0.39 is 29.3 Å². The number of methoxy groups -OCH3 is 1. The Morgan fingerprint density at radius 1 is 1.18 bits per heavy atom. The van der Waals surface area contributed by atoms with Crippen LogP contribution in [0.3, 0.4) is 0 Å². The van der Waals surface area contributed by atoms with Crippen LogP contribution in [0.15, 0.2) is 48.7 Å². The van der Waals surface area contributed by atoms with Crippen molar-refractivity contribution in [1.82, 2.24) is 10.3 Å². The highest BCUT2D eigenvalue weighted by molar-refractivity contribution is 5.83. The number of nitrogens with one attached hydrogen (secondary N) is 1. The van der Waals surface area contributed by atoms with Crippen LogP contribution in [0.25, 0.3) is 17.0 Å². The van der Waals surface area contributed by atoms with E-state index in [1.165, 1.54) is 19.4 Å². The molecule has 3 rings (SSSR count). The number of carboxylic acid groups (broad SMARTS) is 1. The quantitative estimate of drug-likeness (QED) is 0.396. The lowest BCUT2D eigenvalue weighted by atomic mass is 9.97. The lowest BCUT2D eigenvalue weighted by Gasteiger charge is -2.14. The lowest BCUT2D eigenvalue weighted by Crippen LogP contribution is -2.28. The van der Waals surface area contributed by atoms with Gasteiger partial charge in [0.15, 0.2) is 0 Å². The first-order valence-corrected chi connectivity index (χ1v) is 10.5. The molecule has 2 aromatic carbocycles. The lowest BCUT2D eigenvalue weighted by molar-refractivity contribution is -0.141. The summed E-state index contributed by atoms with van der Waals surface area (Å²) in [6.07, 6.45) is 5.39. The largest absolute Gasteiger partial charge is 0.497 e. The molecular formula is C25H25F3N2O3. The molecule has 0 saturated carbocycles. The zero-order valence-electron chi connectivity index (χ0n) is 18.2. The molecule has 0 aliphatic carbocycles. The molecule has 1 aromatic heterocycles. The molecule has 3 aromatic rings. The average Bonchev–Trinajstić information content (AvgIpc) is 2.80. The molecule has 0 aliphatic rings. The maximum atomic E-state index is 14.4. The number of benzene rings is 2. The van der Waals surface area contributed by atoms with Gasteiger partial charge in [-0.05, 0) is 61.2 Å². The first-order chi connectivity index (χ1) is 15.9. The van der Waals surface area contributed by atoms with Gasteiger partial charge in [-0.25, -0.2) is 13.2 Å². The number of rotatable bonds is 11. The number of pyridine rings is 1. The molecule has 5 nitrogen and oxygen atoms in total. The third-order valence-electron chi connectivity index (χ3n) is 5.37. The maximum absolute atomic E-state index is 14.4. The summed E-state index contributed by atoms with van der Waals surface area (Å²) in [6, 6.07) is 8.41. The molecule has 0 bridgehead atoms. The number of ether oxygens (including phenoxy) is 1. The van der Waals surface area contributed by atoms with Crippen LogP contribution in [-0.4, -0.2) is 36.3 Å². The summed E-state index contributed by atoms with van der Waals surface area (Å²) < 4.78 is 46.4. The number of nitrogens with zero attached hydrogens (tertiary/aromatic N) is 1. The Hall–Kier alpha value is -3.39. The van der Waals surface area contributed by atoms with Gasteiger partial charge in [-0.15, -0.1) is 0 Å². The minimum absolute atomic E-state index is 0.120. The van der Waals surface area contributed by atoms with E-state index in [0.717, 1.165) is 18.2 Å². The van der Waals surface area contributed by atoms with E-state index in [2.05, 4.69) is 10.3 Å². The Morgan fingerprint density at radius 2 is 2.00 bits per heavy atom. The molecule has 0 aliphatic heterocycles. The molecule has 0 spiro atoms. The smallest absolute Gasteiger partial charge is 0.307 e. The van der Waals surface area contributed by atoms with E-state index in [0.29, 0.717) is 48.0 Å². The number of fused-ring (bicyclic) bond motifs is 1. The normalized spacial score (nSPS) is 12.4. The summed E-state index contributed by atoms with van der Waals surface area (Å²) in [7, 11) is 1.53. The predicted molar refractivity (Wildman–Crippen MR) is 121 cm³/mol. The van der Waals surface area contributed by atoms with Gasteiger partial charge in [-0.2, -0.15) is 0 Å². The van der Waals surface area contributed by atoms with Crippen LogP contribution in [0.5, 0.6) is 5.75 Å². The van der Waals surface area contributed by atoms with E-state index in [1.54, 1.807) is 24.3 Å². The third-order valence-corrected chi connectivity index (χ3v) is 5.37. The van der Waals surface area contributed by atoms with E-state index in [1.807, 2.05) is 0 Å². The Balaban J connectivity index is 1.55. The summed E-state index contributed by atoms with van der Waals surface area (Å²) in [5, 5.41) is 13.2. The zero-order valence-corrected chi connectivity index (χ0v) is 18.2. The second-order valence-corrected chi connectivity index (χ2v) is 7.62. The molecule has 0 fully saturated rings. The first-order valence-electron chi connectivity index (χ1n) is 10.5. The number of aromatic nitrogens is 1. The highest BCUT2D eigenvalue weighted by atomic mass is 19.1. The fourth-order valence-electron chi connectivity index (χ4n) is 3.59. The van der Waals surface area contributed by atoms with Crippen molar-refractivity contribution in [2.24, 2.45) is 5.92 Å². The van der Waals surface area contributed by atoms with Gasteiger partial charge in [0.05, 0.1) is 24.7 Å². The molecule has 1 heterocycles. The second-order valence-electron chi connectivity index (χ2n) is 7.62. The van der Waals surface area contributed by atoms with Gasteiger partial charge in [0.25, 0.3) is 0 Å². The van der Waals surface area contributed by atoms with E-state index >= 15 is 0 Å². The fraction of sp³-hybridized carbons (Fsp3) is 0.280. The van der Waals surface area contributed by atoms with Gasteiger partial charge in [0.1, 0.15) is 23.2 Å². The summed E-state index contributed by atoms with van der Waals surface area (Å²) in [4.78, 5) is 15.7. The van der Waals surface area contributed by atoms with Crippen LogP contribution in [0.2, 0.25) is 0 Å². The van der Waals surface area contributed by atoms with E-state index in [-0.39, 0.29) is 12.1 Å². The molecular weight excluding hydrogens is 433 g/mol. The molecule has 8 heteroatoms. The van der Waals surface area contributed by atoms with E-state index in [4.69, 9.17) is 4.74 Å². The van der Waals surface area contributed by atoms with Crippen molar-refractivity contribution >= 4 is 22.9 Å².